The van der Waals surface area contributed by atoms with Crippen molar-refractivity contribution in [1.29, 1.82) is 0 Å². The summed E-state index contributed by atoms with van der Waals surface area (Å²) in [4.78, 5) is 0. The summed E-state index contributed by atoms with van der Waals surface area (Å²) >= 11 is 0. The number of benzene rings is 2. The van der Waals surface area contributed by atoms with Crippen LogP contribution in [-0.2, 0) is 0 Å². The molecule has 2 nitrogen and oxygen atoms in total. The van der Waals surface area contributed by atoms with E-state index >= 15 is 0 Å². The van der Waals surface area contributed by atoms with Crippen molar-refractivity contribution in [3.05, 3.63) is 48.5 Å². The summed E-state index contributed by atoms with van der Waals surface area (Å²) < 4.78 is 0. The molecule has 0 bridgehead atoms. The first-order chi connectivity index (χ1) is 7.27. The minimum atomic E-state index is 0.524. The van der Waals surface area contributed by atoms with Gasteiger partial charge in [-0.25, -0.2) is 0 Å². The summed E-state index contributed by atoms with van der Waals surface area (Å²) in [5, 5.41) is 2.30. The van der Waals surface area contributed by atoms with Gasteiger partial charge in [-0.1, -0.05) is 45.0 Å². The first-order valence-electron chi connectivity index (χ1n) is 4.73. The zero-order chi connectivity index (χ0) is 10.7. The molecular weight excluding hydrogens is 203 g/mol. The van der Waals surface area contributed by atoms with Crippen LogP contribution in [0.2, 0.25) is 0 Å². The normalized spacial score (nSPS) is 10.1. The van der Waals surface area contributed by atoms with Crippen molar-refractivity contribution in [2.45, 2.75) is 0 Å². The topological polar surface area (TPSA) is 52.0 Å². The number of hydrogen-bond acceptors (Lipinski definition) is 2. The molecular formula is C12H13N2P. The van der Waals surface area contributed by atoms with Gasteiger partial charge in [0.2, 0.25) is 0 Å². The van der Waals surface area contributed by atoms with Crippen molar-refractivity contribution in [1.82, 2.24) is 0 Å². The van der Waals surface area contributed by atoms with E-state index in [1.54, 1.807) is 0 Å². The van der Waals surface area contributed by atoms with Gasteiger partial charge in [0.25, 0.3) is 0 Å². The zero-order valence-electron chi connectivity index (χ0n) is 8.27. The van der Waals surface area contributed by atoms with Crippen LogP contribution in [0.4, 0.5) is 11.4 Å². The van der Waals surface area contributed by atoms with Crippen molar-refractivity contribution >= 4 is 30.6 Å². The van der Waals surface area contributed by atoms with Gasteiger partial charge < -0.3 is 11.5 Å². The molecule has 0 aliphatic heterocycles. The molecule has 76 valence electrons. The molecule has 0 amide bonds. The molecule has 2 aromatic carbocycles. The largest absolute Gasteiger partial charge is 0.398 e. The third-order valence-corrected chi connectivity index (χ3v) is 3.64. The third-order valence-electron chi connectivity index (χ3n) is 2.19. The number of nitrogen functional groups attached to an aromatic ring is 2. The predicted octanol–water partition coefficient (Wildman–Crippen LogP) is 1.48. The molecule has 0 aromatic heterocycles. The molecule has 0 fully saturated rings. The second kappa shape index (κ2) is 4.33. The molecule has 0 spiro atoms. The average molecular weight is 216 g/mol. The molecule has 0 saturated heterocycles. The Labute approximate surface area is 91.1 Å². The predicted molar refractivity (Wildman–Crippen MR) is 69.3 cm³/mol. The molecule has 4 N–H and O–H groups in total. The van der Waals surface area contributed by atoms with Gasteiger partial charge in [-0.2, -0.15) is 0 Å². The smallest absolute Gasteiger partial charge is 0.0392 e. The van der Waals surface area contributed by atoms with Gasteiger partial charge in [0.1, 0.15) is 0 Å². The van der Waals surface area contributed by atoms with Crippen LogP contribution in [-0.4, -0.2) is 0 Å². The monoisotopic (exact) mass is 216 g/mol. The minimum absolute atomic E-state index is 0.524. The van der Waals surface area contributed by atoms with E-state index in [9.17, 15) is 0 Å². The van der Waals surface area contributed by atoms with Crippen molar-refractivity contribution in [3.8, 4) is 0 Å². The summed E-state index contributed by atoms with van der Waals surface area (Å²) in [6.45, 7) is 0. The molecule has 0 saturated carbocycles. The third kappa shape index (κ3) is 2.28. The molecule has 0 heterocycles. The molecule has 0 aliphatic carbocycles. The molecule has 0 aliphatic rings. The standard InChI is InChI=1S/C12H13N2P/c13-9-5-1-3-7-11(9)15-12-8-4-2-6-10(12)14/h1-8,15H,13-14H2. The highest BCUT2D eigenvalue weighted by Gasteiger charge is 2.02. The van der Waals surface area contributed by atoms with E-state index in [-0.39, 0.29) is 0 Å². The lowest BCUT2D eigenvalue weighted by Crippen LogP contribution is -2.11. The molecule has 15 heavy (non-hydrogen) atoms. The van der Waals surface area contributed by atoms with Crippen LogP contribution in [0.15, 0.2) is 48.5 Å². The summed E-state index contributed by atoms with van der Waals surface area (Å²) in [5.74, 6) is 0. The lowest BCUT2D eigenvalue weighted by Gasteiger charge is -2.07. The number of rotatable bonds is 2. The Morgan fingerprint density at radius 3 is 1.47 bits per heavy atom. The quantitative estimate of drug-likeness (QED) is 0.590. The first kappa shape index (κ1) is 10.0. The van der Waals surface area contributed by atoms with Crippen LogP contribution < -0.4 is 22.1 Å². The second-order valence-electron chi connectivity index (χ2n) is 3.30. The Bertz CT molecular complexity index is 425. The Balaban J connectivity index is 2.30. The molecule has 2 rings (SSSR count). The number of hydrogen-bond donors (Lipinski definition) is 2. The van der Waals surface area contributed by atoms with Gasteiger partial charge in [-0.05, 0) is 12.1 Å². The Hall–Kier alpha value is -1.53. The van der Waals surface area contributed by atoms with E-state index in [1.165, 1.54) is 0 Å². The van der Waals surface area contributed by atoms with E-state index in [2.05, 4.69) is 0 Å². The van der Waals surface area contributed by atoms with Crippen LogP contribution in [0.1, 0.15) is 0 Å². The Morgan fingerprint density at radius 2 is 1.07 bits per heavy atom. The van der Waals surface area contributed by atoms with Gasteiger partial charge in [0, 0.05) is 22.0 Å². The number of para-hydroxylation sites is 2. The van der Waals surface area contributed by atoms with Crippen LogP contribution >= 0.6 is 8.58 Å². The molecule has 3 heteroatoms. The van der Waals surface area contributed by atoms with Gasteiger partial charge in [-0.15, -0.1) is 0 Å². The van der Waals surface area contributed by atoms with Crippen LogP contribution in [0.5, 0.6) is 0 Å². The van der Waals surface area contributed by atoms with E-state index < -0.39 is 0 Å². The maximum atomic E-state index is 5.88. The number of anilines is 2. The maximum absolute atomic E-state index is 5.88. The van der Waals surface area contributed by atoms with Crippen molar-refractivity contribution < 1.29 is 0 Å². The highest BCUT2D eigenvalue weighted by molar-refractivity contribution is 7.56. The second-order valence-corrected chi connectivity index (χ2v) is 4.63. The highest BCUT2D eigenvalue weighted by atomic mass is 31.1. The highest BCUT2D eigenvalue weighted by Crippen LogP contribution is 2.17. The lowest BCUT2D eigenvalue weighted by molar-refractivity contribution is 1.73. The fourth-order valence-electron chi connectivity index (χ4n) is 1.37. The summed E-state index contributed by atoms with van der Waals surface area (Å²) in [5.41, 5.74) is 13.4. The number of nitrogens with two attached hydrogens (primary N) is 2. The van der Waals surface area contributed by atoms with Crippen LogP contribution in [0, 0.1) is 0 Å². The van der Waals surface area contributed by atoms with Crippen LogP contribution in [0.3, 0.4) is 0 Å². The molecule has 2 aromatic rings. The summed E-state index contributed by atoms with van der Waals surface area (Å²) in [6, 6.07) is 15.8. The van der Waals surface area contributed by atoms with E-state index in [0.29, 0.717) is 8.58 Å². The fourth-order valence-corrected chi connectivity index (χ4v) is 2.47. The van der Waals surface area contributed by atoms with Crippen molar-refractivity contribution in [2.24, 2.45) is 0 Å². The van der Waals surface area contributed by atoms with Gasteiger partial charge in [0.05, 0.1) is 0 Å². The van der Waals surface area contributed by atoms with Gasteiger partial charge in [-0.3, -0.25) is 0 Å². The molecule has 0 atom stereocenters. The fraction of sp³-hybridized carbons (Fsp3) is 0. The minimum Gasteiger partial charge on any atom is -0.398 e. The lowest BCUT2D eigenvalue weighted by atomic mass is 10.3. The van der Waals surface area contributed by atoms with Gasteiger partial charge >= 0.3 is 0 Å². The summed E-state index contributed by atoms with van der Waals surface area (Å²) in [6.07, 6.45) is 0. The maximum Gasteiger partial charge on any atom is 0.0392 e. The Kier molecular flexibility index (Phi) is 2.89. The van der Waals surface area contributed by atoms with E-state index in [0.717, 1.165) is 22.0 Å². The SMILES string of the molecule is Nc1ccccc1Pc1ccccc1N. The van der Waals surface area contributed by atoms with Gasteiger partial charge in [0.15, 0.2) is 0 Å². The average Bonchev–Trinajstić information content (AvgIpc) is 2.24. The first-order valence-corrected chi connectivity index (χ1v) is 5.73. The van der Waals surface area contributed by atoms with Crippen molar-refractivity contribution in [2.75, 3.05) is 11.5 Å². The van der Waals surface area contributed by atoms with Crippen molar-refractivity contribution in [3.63, 3.8) is 0 Å². The summed E-state index contributed by atoms with van der Waals surface area (Å²) in [7, 11) is 0.524. The molecule has 0 radical (unpaired) electrons. The Morgan fingerprint density at radius 1 is 0.667 bits per heavy atom. The van der Waals surface area contributed by atoms with E-state index in [4.69, 9.17) is 11.5 Å². The van der Waals surface area contributed by atoms with E-state index in [1.807, 2.05) is 48.5 Å². The zero-order valence-corrected chi connectivity index (χ0v) is 9.27. The van der Waals surface area contributed by atoms with Crippen LogP contribution in [0.25, 0.3) is 0 Å². The molecule has 0 unspecified atom stereocenters.